The summed E-state index contributed by atoms with van der Waals surface area (Å²) in [6.45, 7) is 10.7. The fourth-order valence-corrected chi connectivity index (χ4v) is 11.7. The molecule has 18 heteroatoms. The van der Waals surface area contributed by atoms with Crippen molar-refractivity contribution < 1.29 is 45.7 Å². The highest BCUT2D eigenvalue weighted by Crippen LogP contribution is 2.32. The Morgan fingerprint density at radius 1 is 0.598 bits per heavy atom. The molecule has 0 bridgehead atoms. The number of ether oxygens (including phenoxy) is 4. The summed E-state index contributed by atoms with van der Waals surface area (Å²) >= 11 is 0. The smallest absolute Gasteiger partial charge is 0.272 e. The summed E-state index contributed by atoms with van der Waals surface area (Å²) in [7, 11) is -2.93. The maximum absolute atomic E-state index is 14.0. The van der Waals surface area contributed by atoms with Gasteiger partial charge in [-0.25, -0.2) is 18.7 Å². The molecule has 2 aromatic heterocycles. The molecular weight excluding hydrogens is 1140 g/mol. The molecule has 3 unspecified atom stereocenters. The minimum Gasteiger partial charge on any atom is -0.494 e. The van der Waals surface area contributed by atoms with E-state index in [9.17, 15) is 26.8 Å². The summed E-state index contributed by atoms with van der Waals surface area (Å²) in [5.74, 6) is 2.15. The highest BCUT2D eigenvalue weighted by molar-refractivity contribution is 7.84. The Kier molecular flexibility index (Phi) is 24.9. The van der Waals surface area contributed by atoms with E-state index in [-0.39, 0.29) is 29.2 Å². The molecule has 2 amide bonds. The van der Waals surface area contributed by atoms with E-state index in [0.29, 0.717) is 59.5 Å². The second kappa shape index (κ2) is 33.5. The molecule has 14 nitrogen and oxygen atoms in total. The zero-order valence-electron chi connectivity index (χ0n) is 49.7. The number of halogens is 2. The third-order valence-corrected chi connectivity index (χ3v) is 16.9. The van der Waals surface area contributed by atoms with Crippen LogP contribution < -0.4 is 24.8 Å². The molecule has 0 saturated carbocycles. The summed E-state index contributed by atoms with van der Waals surface area (Å²) in [6, 6.07) is 42.1. The highest BCUT2D eigenvalue weighted by Gasteiger charge is 2.24. The van der Waals surface area contributed by atoms with Crippen LogP contribution >= 0.6 is 0 Å². The Bertz CT molecular complexity index is 3590. The number of amides is 2. The number of carbonyl (C=O) groups excluding carboxylic acids is 2. The minimum absolute atomic E-state index is 0.160. The number of alkyl halides is 2. The van der Waals surface area contributed by atoms with Gasteiger partial charge in [0.25, 0.3) is 6.43 Å². The van der Waals surface area contributed by atoms with Gasteiger partial charge in [0.2, 0.25) is 11.8 Å². The van der Waals surface area contributed by atoms with Gasteiger partial charge in [0.1, 0.15) is 36.3 Å². The van der Waals surface area contributed by atoms with Gasteiger partial charge in [0, 0.05) is 64.4 Å². The van der Waals surface area contributed by atoms with Gasteiger partial charge >= 0.3 is 0 Å². The molecule has 6 aromatic carbocycles. The van der Waals surface area contributed by atoms with Crippen LogP contribution in [0.4, 0.5) is 20.2 Å². The van der Waals surface area contributed by atoms with Crippen molar-refractivity contribution in [2.75, 3.05) is 43.7 Å². The summed E-state index contributed by atoms with van der Waals surface area (Å²) in [6.07, 6.45) is 15.2. The number of rotatable bonds is 34. The van der Waals surface area contributed by atoms with Gasteiger partial charge in [0.05, 0.1) is 70.1 Å². The lowest BCUT2D eigenvalue weighted by molar-refractivity contribution is -0.112. The zero-order chi connectivity index (χ0) is 61.3. The largest absolute Gasteiger partial charge is 0.494 e. The van der Waals surface area contributed by atoms with Crippen LogP contribution in [0.1, 0.15) is 107 Å². The number of hydrogen-bond donors (Lipinski definition) is 2. The number of nitrogens with one attached hydrogen (secondary N) is 2. The van der Waals surface area contributed by atoms with Crippen LogP contribution in [-0.2, 0) is 54.0 Å². The number of nitrogens with zero attached hydrogens (tertiary/aromatic N) is 4. The second-order valence-corrected chi connectivity index (χ2v) is 23.6. The lowest BCUT2D eigenvalue weighted by Gasteiger charge is -2.22. The predicted octanol–water partition coefficient (Wildman–Crippen LogP) is 15.2. The molecule has 8 rings (SSSR count). The van der Waals surface area contributed by atoms with Crippen molar-refractivity contribution in [2.45, 2.75) is 113 Å². The van der Waals surface area contributed by atoms with Crippen molar-refractivity contribution in [1.29, 1.82) is 0 Å². The van der Waals surface area contributed by atoms with Crippen molar-refractivity contribution in [1.82, 2.24) is 19.1 Å². The van der Waals surface area contributed by atoms with Crippen LogP contribution in [0.25, 0.3) is 34.4 Å². The molecule has 3 atom stereocenters. The Hall–Kier alpha value is -8.32. The van der Waals surface area contributed by atoms with Gasteiger partial charge in [-0.1, -0.05) is 95.5 Å². The van der Waals surface area contributed by atoms with Gasteiger partial charge in [-0.3, -0.25) is 18.0 Å². The van der Waals surface area contributed by atoms with E-state index in [0.717, 1.165) is 102 Å². The fraction of sp³-hybridized carbons (Fsp3) is 0.304. The van der Waals surface area contributed by atoms with Crippen LogP contribution in [-0.4, -0.2) is 78.8 Å². The average Bonchev–Trinajstić information content (AvgIpc) is 2.50. The minimum atomic E-state index is -2.68. The number of imidazole rings is 2. The van der Waals surface area contributed by atoms with Crippen molar-refractivity contribution in [3.05, 3.63) is 199 Å². The normalized spacial score (nSPS) is 12.6. The second-order valence-electron chi connectivity index (χ2n) is 20.6. The first kappa shape index (κ1) is 64.7. The van der Waals surface area contributed by atoms with Crippen LogP contribution in [0.15, 0.2) is 180 Å². The molecule has 0 aliphatic rings. The number of benzene rings is 6. The number of aromatic nitrogens is 4. The van der Waals surface area contributed by atoms with Gasteiger partial charge in [-0.05, 0) is 157 Å². The highest BCUT2D eigenvalue weighted by atomic mass is 32.2. The van der Waals surface area contributed by atoms with Gasteiger partial charge in [-0.2, -0.15) is 0 Å². The summed E-state index contributed by atoms with van der Waals surface area (Å²) in [4.78, 5) is 36.8. The lowest BCUT2D eigenvalue weighted by atomic mass is 10.0. The van der Waals surface area contributed by atoms with Crippen LogP contribution in [0.3, 0.4) is 0 Å². The van der Waals surface area contributed by atoms with Crippen LogP contribution in [0, 0.1) is 0 Å². The zero-order valence-corrected chi connectivity index (χ0v) is 51.3. The number of anilines is 2. The molecule has 0 aliphatic heterocycles. The van der Waals surface area contributed by atoms with Gasteiger partial charge in [0.15, 0.2) is 0 Å². The maximum Gasteiger partial charge on any atom is 0.272 e. The molecular formula is C69H76F2N6O8S2. The third kappa shape index (κ3) is 19.3. The van der Waals surface area contributed by atoms with Crippen LogP contribution in [0.5, 0.6) is 17.2 Å². The van der Waals surface area contributed by atoms with Crippen molar-refractivity contribution in [3.63, 3.8) is 0 Å². The van der Waals surface area contributed by atoms with Crippen molar-refractivity contribution >= 4 is 56.9 Å². The van der Waals surface area contributed by atoms with E-state index in [4.69, 9.17) is 23.9 Å². The molecule has 0 spiro atoms. The molecule has 0 fully saturated rings. The first-order chi connectivity index (χ1) is 42.4. The molecule has 0 radical (unpaired) electrons. The Labute approximate surface area is 514 Å². The van der Waals surface area contributed by atoms with Gasteiger partial charge < -0.3 is 38.7 Å². The molecule has 456 valence electrons. The number of carbonyl (C=O) groups is 2. The first-order valence-electron chi connectivity index (χ1n) is 29.6. The summed E-state index contributed by atoms with van der Waals surface area (Å²) < 4.78 is 81.1. The van der Waals surface area contributed by atoms with Gasteiger partial charge in [-0.15, -0.1) is 0 Å². The van der Waals surface area contributed by atoms with E-state index in [1.807, 2.05) is 77.4 Å². The Balaban J connectivity index is 0.851. The molecule has 0 aliphatic carbocycles. The number of hydrogen-bond acceptors (Lipinski definition) is 10. The fourth-order valence-electron chi connectivity index (χ4n) is 9.48. The lowest BCUT2D eigenvalue weighted by Crippen LogP contribution is -2.19. The first-order valence-corrected chi connectivity index (χ1v) is 32.2. The van der Waals surface area contributed by atoms with E-state index in [1.54, 1.807) is 91.5 Å². The average molecular weight is 1220 g/mol. The summed E-state index contributed by atoms with van der Waals surface area (Å²) in [5, 5.41) is 5.74. The predicted molar refractivity (Wildman–Crippen MR) is 343 cm³/mol. The SMILES string of the molecule is CCCCOCCOc1ccc(-c2cccc(/C=C/C(=O)Nc3ccc(S(=O)Cc4cnc(C(CC)n5cncc5CS(=O)c5ccc(NC(=O)/C=C/c6cc(-c7ccc(OCCCC)cc7)ccc6OCC(F)F)cc5)n4CCCC)cc3)c2)cc1. The van der Waals surface area contributed by atoms with Crippen LogP contribution in [0.2, 0.25) is 0 Å². The maximum atomic E-state index is 14.0. The Morgan fingerprint density at radius 2 is 1.17 bits per heavy atom. The van der Waals surface area contributed by atoms with E-state index >= 15 is 0 Å². The molecule has 8 aromatic rings. The topological polar surface area (TPSA) is 165 Å². The van der Waals surface area contributed by atoms with E-state index in [2.05, 4.69) is 47.9 Å². The van der Waals surface area contributed by atoms with Crippen molar-refractivity contribution in [3.8, 4) is 39.5 Å². The van der Waals surface area contributed by atoms with E-state index < -0.39 is 40.5 Å². The monoisotopic (exact) mass is 1220 g/mol. The summed E-state index contributed by atoms with van der Waals surface area (Å²) in [5.41, 5.74) is 7.63. The molecule has 2 N–H and O–H groups in total. The molecule has 0 saturated heterocycles. The van der Waals surface area contributed by atoms with Crippen molar-refractivity contribution in [2.24, 2.45) is 0 Å². The third-order valence-electron chi connectivity index (χ3n) is 14.2. The van der Waals surface area contributed by atoms with E-state index in [1.165, 1.54) is 18.2 Å². The Morgan fingerprint density at radius 3 is 1.78 bits per heavy atom. The molecule has 87 heavy (non-hydrogen) atoms. The number of unbranched alkanes of at least 4 members (excludes halogenated alkanes) is 3. The standard InChI is InChI=1S/C69H76F2N6O8S2/c1-5-9-37-76-59(48-87(81)63-32-22-56(23-33-63)74-67(78)35-15-50-13-12-14-53(42-50)51-16-28-61(29-17-51)84-41-40-82-38-10-6-2)45-73-69(76)64(8-4)77-49-72-44-58(77)47-86(80)62-30-24-57(25-31-62)75-68(79)36-21-55-43-54(20-34-65(55)85-46-66(70)71)52-18-26-60(27-19-52)83-39-11-7-3/h12-36,42-45,49,64,66H,5-11,37-41,46-48H2,1-4H3,(H,74,78)(H,75,79)/b35-15+,36-21+. The molecule has 2 heterocycles. The quantitative estimate of drug-likeness (QED) is 0.0293.